The third-order valence-corrected chi connectivity index (χ3v) is 3.26. The quantitative estimate of drug-likeness (QED) is 0.771. The molecular weight excluding hydrogens is 264 g/mol. The third kappa shape index (κ3) is 3.02. The van der Waals surface area contributed by atoms with E-state index in [2.05, 4.69) is 21.4 Å². The van der Waals surface area contributed by atoms with Crippen molar-refractivity contribution in [1.82, 2.24) is 14.5 Å². The molecule has 0 aliphatic heterocycles. The van der Waals surface area contributed by atoms with Gasteiger partial charge in [0.1, 0.15) is 0 Å². The lowest BCUT2D eigenvalue weighted by atomic mass is 10.2. The maximum absolute atomic E-state index is 11.5. The Labute approximate surface area is 122 Å². The number of anilines is 1. The molecule has 0 aliphatic carbocycles. The van der Waals surface area contributed by atoms with Gasteiger partial charge in [-0.15, -0.1) is 0 Å². The summed E-state index contributed by atoms with van der Waals surface area (Å²) in [5.41, 5.74) is 3.85. The van der Waals surface area contributed by atoms with Gasteiger partial charge in [-0.1, -0.05) is 6.07 Å². The van der Waals surface area contributed by atoms with Gasteiger partial charge in [0.2, 0.25) is 0 Å². The van der Waals surface area contributed by atoms with Crippen molar-refractivity contribution in [2.24, 2.45) is 0 Å². The smallest absolute Gasteiger partial charge is 0.330 e. The molecule has 3 rings (SSSR count). The number of aromatic amines is 1. The molecule has 0 bridgehead atoms. The van der Waals surface area contributed by atoms with Crippen LogP contribution < -0.4 is 11.0 Å². The molecule has 2 aromatic heterocycles. The van der Waals surface area contributed by atoms with Gasteiger partial charge in [-0.3, -0.25) is 9.55 Å². The molecule has 0 radical (unpaired) electrons. The predicted octanol–water partition coefficient (Wildman–Crippen LogP) is 2.48. The lowest BCUT2D eigenvalue weighted by molar-refractivity contribution is 0.987. The number of benzene rings is 1. The normalized spacial score (nSPS) is 10.5. The second kappa shape index (κ2) is 5.66. The summed E-state index contributed by atoms with van der Waals surface area (Å²) in [4.78, 5) is 18.4. The van der Waals surface area contributed by atoms with Crippen molar-refractivity contribution in [3.63, 3.8) is 0 Å². The predicted molar refractivity (Wildman–Crippen MR) is 82.7 cm³/mol. The molecule has 0 saturated carbocycles. The first-order valence-electron chi connectivity index (χ1n) is 6.74. The van der Waals surface area contributed by atoms with Gasteiger partial charge < -0.3 is 10.3 Å². The molecule has 0 atom stereocenters. The average molecular weight is 280 g/mol. The molecule has 0 aliphatic rings. The molecule has 2 N–H and O–H groups in total. The third-order valence-electron chi connectivity index (χ3n) is 3.26. The zero-order valence-electron chi connectivity index (χ0n) is 11.7. The van der Waals surface area contributed by atoms with Gasteiger partial charge in [0.05, 0.1) is 5.69 Å². The van der Waals surface area contributed by atoms with Crippen LogP contribution in [0.15, 0.2) is 59.8 Å². The first-order valence-corrected chi connectivity index (χ1v) is 6.74. The Kier molecular flexibility index (Phi) is 3.55. The average Bonchev–Trinajstić information content (AvgIpc) is 2.93. The lowest BCUT2D eigenvalue weighted by Crippen LogP contribution is -2.13. The van der Waals surface area contributed by atoms with Crippen LogP contribution in [0.4, 0.5) is 5.69 Å². The van der Waals surface area contributed by atoms with Crippen LogP contribution in [0.25, 0.3) is 5.69 Å². The fourth-order valence-electron chi connectivity index (χ4n) is 2.07. The van der Waals surface area contributed by atoms with Crippen LogP contribution >= 0.6 is 0 Å². The second-order valence-electron chi connectivity index (χ2n) is 4.84. The molecule has 0 amide bonds. The van der Waals surface area contributed by atoms with E-state index in [4.69, 9.17) is 0 Å². The topological polar surface area (TPSA) is 62.7 Å². The molecule has 0 unspecified atom stereocenters. The molecule has 0 spiro atoms. The molecule has 0 saturated heterocycles. The van der Waals surface area contributed by atoms with Crippen LogP contribution in [0, 0.1) is 6.92 Å². The lowest BCUT2D eigenvalue weighted by Gasteiger charge is -2.08. The van der Waals surface area contributed by atoms with Gasteiger partial charge in [-0.05, 0) is 42.8 Å². The van der Waals surface area contributed by atoms with E-state index in [0.29, 0.717) is 0 Å². The molecule has 1 aromatic carbocycles. The van der Waals surface area contributed by atoms with Crippen LogP contribution in [0.3, 0.4) is 0 Å². The fourth-order valence-corrected chi connectivity index (χ4v) is 2.07. The fraction of sp³-hybridized carbons (Fsp3) is 0.125. The Morgan fingerprint density at radius 1 is 1.19 bits per heavy atom. The van der Waals surface area contributed by atoms with Gasteiger partial charge in [-0.2, -0.15) is 0 Å². The minimum atomic E-state index is -0.138. The summed E-state index contributed by atoms with van der Waals surface area (Å²) in [6.07, 6.45) is 5.21. The van der Waals surface area contributed by atoms with Gasteiger partial charge in [0.25, 0.3) is 0 Å². The zero-order valence-corrected chi connectivity index (χ0v) is 11.7. The van der Waals surface area contributed by atoms with Crippen LogP contribution in [0.2, 0.25) is 0 Å². The van der Waals surface area contributed by atoms with Crippen molar-refractivity contribution in [2.45, 2.75) is 13.5 Å². The van der Waals surface area contributed by atoms with Crippen LogP contribution in [-0.2, 0) is 6.54 Å². The minimum Gasteiger partial charge on any atom is -0.381 e. The molecule has 21 heavy (non-hydrogen) atoms. The van der Waals surface area contributed by atoms with Crippen molar-refractivity contribution in [1.29, 1.82) is 0 Å². The van der Waals surface area contributed by atoms with E-state index in [-0.39, 0.29) is 5.69 Å². The SMILES string of the molecule is Cc1ccc(CNc2ccc(-n3cc[nH]c3=O)cc2)cn1. The van der Waals surface area contributed by atoms with Gasteiger partial charge in [-0.25, -0.2) is 4.79 Å². The molecule has 5 heteroatoms. The van der Waals surface area contributed by atoms with E-state index in [0.717, 1.165) is 29.2 Å². The Bertz CT molecular complexity index is 769. The van der Waals surface area contributed by atoms with E-state index in [1.54, 1.807) is 17.0 Å². The molecule has 2 heterocycles. The highest BCUT2D eigenvalue weighted by Crippen LogP contribution is 2.13. The van der Waals surface area contributed by atoms with E-state index in [1.807, 2.05) is 43.5 Å². The maximum atomic E-state index is 11.5. The van der Waals surface area contributed by atoms with Gasteiger partial charge in [0.15, 0.2) is 0 Å². The van der Waals surface area contributed by atoms with Crippen LogP contribution in [-0.4, -0.2) is 14.5 Å². The molecule has 106 valence electrons. The summed E-state index contributed by atoms with van der Waals surface area (Å²) in [6, 6.07) is 11.8. The number of rotatable bonds is 4. The first kappa shape index (κ1) is 13.2. The summed E-state index contributed by atoms with van der Waals surface area (Å²) in [5.74, 6) is 0. The highest BCUT2D eigenvalue weighted by molar-refractivity contribution is 5.49. The highest BCUT2D eigenvalue weighted by atomic mass is 16.1. The zero-order chi connectivity index (χ0) is 14.7. The Hall–Kier alpha value is -2.82. The van der Waals surface area contributed by atoms with Crippen molar-refractivity contribution in [2.75, 3.05) is 5.32 Å². The number of H-pyrrole nitrogens is 1. The standard InChI is InChI=1S/C16H16N4O/c1-12-2-3-13(10-18-12)11-19-14-4-6-15(7-5-14)20-9-8-17-16(20)21/h2-10,19H,11H2,1H3,(H,17,21). The number of nitrogens with one attached hydrogen (secondary N) is 2. The van der Waals surface area contributed by atoms with E-state index in [1.165, 1.54) is 0 Å². The molecule has 0 fully saturated rings. The van der Waals surface area contributed by atoms with Crippen molar-refractivity contribution in [3.05, 3.63) is 76.7 Å². The number of hydrogen-bond donors (Lipinski definition) is 2. The van der Waals surface area contributed by atoms with Crippen LogP contribution in [0.5, 0.6) is 0 Å². The van der Waals surface area contributed by atoms with Crippen LogP contribution in [0.1, 0.15) is 11.3 Å². The molecular formula is C16H16N4O. The van der Waals surface area contributed by atoms with Crippen molar-refractivity contribution >= 4 is 5.69 Å². The van der Waals surface area contributed by atoms with Crippen molar-refractivity contribution < 1.29 is 0 Å². The molecule has 5 nitrogen and oxygen atoms in total. The number of aromatic nitrogens is 3. The Morgan fingerprint density at radius 2 is 2.00 bits per heavy atom. The second-order valence-corrected chi connectivity index (χ2v) is 4.84. The largest absolute Gasteiger partial charge is 0.381 e. The van der Waals surface area contributed by atoms with E-state index >= 15 is 0 Å². The molecule has 3 aromatic rings. The summed E-state index contributed by atoms with van der Waals surface area (Å²) in [5, 5.41) is 3.33. The monoisotopic (exact) mass is 280 g/mol. The van der Waals surface area contributed by atoms with Gasteiger partial charge in [0, 0.05) is 36.5 Å². The summed E-state index contributed by atoms with van der Waals surface area (Å²) >= 11 is 0. The highest BCUT2D eigenvalue weighted by Gasteiger charge is 2.00. The number of imidazole rings is 1. The number of aryl methyl sites for hydroxylation is 1. The Balaban J connectivity index is 1.69. The van der Waals surface area contributed by atoms with E-state index in [9.17, 15) is 4.79 Å². The van der Waals surface area contributed by atoms with E-state index < -0.39 is 0 Å². The number of nitrogens with zero attached hydrogens (tertiary/aromatic N) is 2. The van der Waals surface area contributed by atoms with Crippen molar-refractivity contribution in [3.8, 4) is 5.69 Å². The first-order chi connectivity index (χ1) is 10.2. The summed E-state index contributed by atoms with van der Waals surface area (Å²) in [7, 11) is 0. The van der Waals surface area contributed by atoms with Gasteiger partial charge >= 0.3 is 5.69 Å². The number of hydrogen-bond acceptors (Lipinski definition) is 3. The minimum absolute atomic E-state index is 0.138. The summed E-state index contributed by atoms with van der Waals surface area (Å²) < 4.78 is 1.56. The summed E-state index contributed by atoms with van der Waals surface area (Å²) in [6.45, 7) is 2.69. The maximum Gasteiger partial charge on any atom is 0.330 e. The Morgan fingerprint density at radius 3 is 2.62 bits per heavy atom. The number of pyridine rings is 1.